The lowest BCUT2D eigenvalue weighted by Crippen LogP contribution is -2.31. The molecule has 6 aromatic heterocycles. The minimum Gasteiger partial charge on any atom is -0.456 e. The molecule has 0 radical (unpaired) electrons. The Morgan fingerprint density at radius 1 is 0.258 bits per heavy atom. The van der Waals surface area contributed by atoms with Gasteiger partial charge in [0.05, 0.1) is 16.7 Å². The van der Waals surface area contributed by atoms with Gasteiger partial charge in [0.15, 0.2) is 18.6 Å². The van der Waals surface area contributed by atoms with Gasteiger partial charge in [-0.3, -0.25) is 0 Å². The summed E-state index contributed by atoms with van der Waals surface area (Å²) in [5.41, 5.74) is 23.7. The van der Waals surface area contributed by atoms with Crippen LogP contribution in [0.5, 0.6) is 0 Å². The standard InChI is InChI=1S/C31H26NO.2C30H24NO/c1-19-14-27-29(33-30-15-20(2)23-12-8-9-13-24(23)31(27)30)17-26(19)28-16-25(21(3)18-32(28)4)22-10-6-5-7-11-22;1-19-15-26-29(32-28-14-13-22-11-7-8-12-23(22)30(26)28)17-25(19)27-16-24(20(2)18-31(27)3)21-9-5-4-6-10-21;1-19-15-26-28(32-29-16-20(2)23-11-7-8-12-24(23)30(26)29)18-25(19)27-17-22(13-14-31(27)3)21-9-5-4-6-10-21/h5-18H,1-4H3;2*4-18H,1-3H3/q3*+1/i3D3;2D3;. The van der Waals surface area contributed by atoms with E-state index in [-0.39, 0.29) is 0 Å². The molecule has 6 heterocycles. The topological polar surface area (TPSA) is 51.1 Å². The van der Waals surface area contributed by atoms with E-state index < -0.39 is 13.7 Å². The van der Waals surface area contributed by atoms with Crippen LogP contribution in [-0.4, -0.2) is 0 Å². The van der Waals surface area contributed by atoms with E-state index in [1.807, 2.05) is 108 Å². The summed E-state index contributed by atoms with van der Waals surface area (Å²) < 4.78 is 73.9. The van der Waals surface area contributed by atoms with Crippen molar-refractivity contribution in [2.75, 3.05) is 0 Å². The molecule has 97 heavy (non-hydrogen) atoms. The first kappa shape index (κ1) is 53.6. The van der Waals surface area contributed by atoms with Crippen molar-refractivity contribution < 1.29 is 35.2 Å². The third kappa shape index (κ3) is 10.7. The minimum absolute atomic E-state index is 0.337. The number of pyridine rings is 3. The van der Waals surface area contributed by atoms with Crippen LogP contribution in [0.3, 0.4) is 0 Å². The molecule has 0 aliphatic carbocycles. The molecule has 6 heteroatoms. The summed E-state index contributed by atoms with van der Waals surface area (Å²) in [6.45, 7) is 6.21. The Labute approximate surface area is 573 Å². The van der Waals surface area contributed by atoms with Gasteiger partial charge < -0.3 is 13.3 Å². The first-order valence-electron chi connectivity index (χ1n) is 35.9. The molecule has 6 nitrogen and oxygen atoms in total. The number of benzene rings is 12. The van der Waals surface area contributed by atoms with Crippen LogP contribution in [0.1, 0.15) is 47.2 Å². The lowest BCUT2D eigenvalue weighted by Gasteiger charge is -2.10. The van der Waals surface area contributed by atoms with Gasteiger partial charge in [-0.1, -0.05) is 170 Å². The number of hydrogen-bond donors (Lipinski definition) is 0. The van der Waals surface area contributed by atoms with Crippen molar-refractivity contribution in [3.8, 4) is 67.2 Å². The number of rotatable bonds is 6. The second kappa shape index (κ2) is 24.2. The van der Waals surface area contributed by atoms with Gasteiger partial charge in [-0.05, 0) is 196 Å². The maximum Gasteiger partial charge on any atom is 0.213 e. The van der Waals surface area contributed by atoms with Crippen molar-refractivity contribution in [2.45, 2.75) is 48.3 Å². The molecule has 468 valence electrons. The summed E-state index contributed by atoms with van der Waals surface area (Å²) in [5, 5.41) is 14.1. The highest BCUT2D eigenvalue weighted by Gasteiger charge is 2.24. The largest absolute Gasteiger partial charge is 0.456 e. The molecule has 12 aromatic carbocycles. The van der Waals surface area contributed by atoms with Gasteiger partial charge in [-0.25, -0.2) is 13.7 Å². The molecular weight excluding hydrogens is 1180 g/mol. The molecular formula is C91H74N3O3+3. The van der Waals surface area contributed by atoms with Crippen LogP contribution in [0, 0.1) is 48.3 Å². The molecule has 0 N–H and O–H groups in total. The van der Waals surface area contributed by atoms with Crippen LogP contribution in [0.2, 0.25) is 0 Å². The predicted molar refractivity (Wildman–Crippen MR) is 403 cm³/mol. The second-order valence-electron chi connectivity index (χ2n) is 25.9. The van der Waals surface area contributed by atoms with E-state index in [1.165, 1.54) is 82.2 Å². The smallest absolute Gasteiger partial charge is 0.213 e. The molecule has 0 saturated carbocycles. The molecule has 0 fully saturated rings. The Balaban J connectivity index is 0.000000119. The summed E-state index contributed by atoms with van der Waals surface area (Å²) >= 11 is 0. The average molecular weight is 1260 g/mol. The minimum atomic E-state index is -2.22. The highest BCUT2D eigenvalue weighted by atomic mass is 16.3. The van der Waals surface area contributed by atoms with Gasteiger partial charge in [0, 0.05) is 75.9 Å². The van der Waals surface area contributed by atoms with Crippen LogP contribution in [-0.2, 0) is 21.1 Å². The third-order valence-electron chi connectivity index (χ3n) is 19.6. The maximum atomic E-state index is 8.14. The Morgan fingerprint density at radius 2 is 0.639 bits per heavy atom. The molecule has 0 saturated heterocycles. The van der Waals surface area contributed by atoms with Gasteiger partial charge in [-0.15, -0.1) is 0 Å². The summed E-state index contributed by atoms with van der Waals surface area (Å²) in [4.78, 5) is 0. The number of furan rings is 3. The molecule has 0 atom stereocenters. The first-order valence-corrected chi connectivity index (χ1v) is 32.9. The average Bonchev–Trinajstić information content (AvgIpc) is 1.62. The van der Waals surface area contributed by atoms with Crippen molar-refractivity contribution in [2.24, 2.45) is 21.1 Å². The van der Waals surface area contributed by atoms with Crippen LogP contribution in [0.15, 0.2) is 281 Å². The normalized spacial score (nSPS) is 12.8. The van der Waals surface area contributed by atoms with Crippen LogP contribution < -0.4 is 13.7 Å². The van der Waals surface area contributed by atoms with Crippen molar-refractivity contribution >= 4 is 98.1 Å². The molecule has 18 rings (SSSR count). The Kier molecular flexibility index (Phi) is 13.4. The van der Waals surface area contributed by atoms with Crippen molar-refractivity contribution in [3.63, 3.8) is 0 Å². The number of fused-ring (bicyclic) bond motifs is 15. The Hall–Kier alpha value is -11.7. The van der Waals surface area contributed by atoms with Gasteiger partial charge in [0.25, 0.3) is 0 Å². The fourth-order valence-corrected chi connectivity index (χ4v) is 14.7. The lowest BCUT2D eigenvalue weighted by molar-refractivity contribution is -0.660. The van der Waals surface area contributed by atoms with Gasteiger partial charge in [0.2, 0.25) is 17.1 Å². The van der Waals surface area contributed by atoms with Gasteiger partial charge in [0.1, 0.15) is 54.6 Å². The number of hydrogen-bond acceptors (Lipinski definition) is 3. The van der Waals surface area contributed by atoms with E-state index in [0.29, 0.717) is 16.7 Å². The Bertz CT molecular complexity index is 6430. The zero-order valence-corrected chi connectivity index (χ0v) is 55.5. The monoisotopic (exact) mass is 1260 g/mol. The molecule has 0 spiro atoms. The lowest BCUT2D eigenvalue weighted by atomic mass is 9.95. The quantitative estimate of drug-likeness (QED) is 0.156. The van der Waals surface area contributed by atoms with Gasteiger partial charge in [-0.2, -0.15) is 0 Å². The van der Waals surface area contributed by atoms with Crippen LogP contribution in [0.4, 0.5) is 0 Å². The Morgan fingerprint density at radius 3 is 1.09 bits per heavy atom. The summed E-state index contributed by atoms with van der Waals surface area (Å²) in [7, 11) is 5.90. The van der Waals surface area contributed by atoms with E-state index in [4.69, 9.17) is 21.5 Å². The molecule has 0 amide bonds. The summed E-state index contributed by atoms with van der Waals surface area (Å²) in [6.07, 6.45) is 5.61. The third-order valence-corrected chi connectivity index (χ3v) is 19.6. The zero-order chi connectivity index (χ0) is 71.3. The number of aromatic nitrogens is 3. The predicted octanol–water partition coefficient (Wildman–Crippen LogP) is 22.9. The van der Waals surface area contributed by atoms with E-state index >= 15 is 0 Å². The van der Waals surface area contributed by atoms with Crippen LogP contribution >= 0.6 is 0 Å². The fourth-order valence-electron chi connectivity index (χ4n) is 14.7. The SMILES string of the molecule is Cc1cc2c(cc1-c1cc(-c3ccccc3)cc[n+]1C)oc1cc(C)c3ccccc3c12.[2H]C([2H])([2H])c1c[n+](C)c(-c2cc3oc4cc(C)c5ccccc5c4c3cc2C)cc1-c1ccccc1.[2H]C([2H])([2H])c1c[n+](C)c(-c2cc3oc4ccc5ccccc5c4c3cc2C)cc1-c1ccccc1. The zero-order valence-electron chi connectivity index (χ0n) is 61.5. The number of aryl methyl sites for hydroxylation is 10. The van der Waals surface area contributed by atoms with E-state index in [9.17, 15) is 0 Å². The van der Waals surface area contributed by atoms with Gasteiger partial charge >= 0.3 is 0 Å². The fraction of sp³-hybridized carbons (Fsp3) is 0.110. The van der Waals surface area contributed by atoms with Crippen molar-refractivity contribution in [3.05, 3.63) is 306 Å². The van der Waals surface area contributed by atoms with Crippen molar-refractivity contribution in [1.82, 2.24) is 0 Å². The first-order chi connectivity index (χ1) is 49.6. The molecule has 18 aromatic rings. The van der Waals surface area contributed by atoms with E-state index in [0.717, 1.165) is 105 Å². The highest BCUT2D eigenvalue weighted by molar-refractivity contribution is 6.22. The second-order valence-corrected chi connectivity index (χ2v) is 25.9. The van der Waals surface area contributed by atoms with Crippen LogP contribution in [0.25, 0.3) is 165 Å². The summed E-state index contributed by atoms with van der Waals surface area (Å²) in [5.74, 6) is 0. The maximum absolute atomic E-state index is 8.14. The molecule has 0 aliphatic heterocycles. The highest BCUT2D eigenvalue weighted by Crippen LogP contribution is 2.43. The van der Waals surface area contributed by atoms with E-state index in [2.05, 4.69) is 216 Å². The number of nitrogens with zero attached hydrogens (tertiary/aromatic N) is 3. The summed E-state index contributed by atoms with van der Waals surface area (Å²) in [6, 6.07) is 85.2. The molecule has 0 unspecified atom stereocenters. The van der Waals surface area contributed by atoms with Crippen molar-refractivity contribution in [1.29, 1.82) is 0 Å². The molecule has 0 aliphatic rings. The molecule has 0 bridgehead atoms. The van der Waals surface area contributed by atoms with E-state index in [1.54, 1.807) is 12.4 Å².